The Morgan fingerprint density at radius 1 is 0.933 bits per heavy atom. The van der Waals surface area contributed by atoms with E-state index in [0.717, 1.165) is 27.8 Å². The lowest BCUT2D eigenvalue weighted by Gasteiger charge is -2.13. The fourth-order valence-corrected chi connectivity index (χ4v) is 3.25. The van der Waals surface area contributed by atoms with Crippen molar-refractivity contribution in [2.75, 3.05) is 0 Å². The van der Waals surface area contributed by atoms with Crippen molar-refractivity contribution >= 4 is 22.8 Å². The van der Waals surface area contributed by atoms with Gasteiger partial charge in [-0.05, 0) is 73.5 Å². The number of pyridine rings is 1. The fraction of sp³-hybridized carbons (Fsp3) is 0.0769. The summed E-state index contributed by atoms with van der Waals surface area (Å²) < 4.78 is 19.3. The van der Waals surface area contributed by atoms with Crippen molar-refractivity contribution in [1.29, 1.82) is 0 Å². The summed E-state index contributed by atoms with van der Waals surface area (Å²) in [6, 6.07) is 21.1. The first-order chi connectivity index (χ1) is 14.5. The maximum absolute atomic E-state index is 13.1. The van der Waals surface area contributed by atoms with Crippen LogP contribution in [0.3, 0.4) is 0 Å². The quantitative estimate of drug-likeness (QED) is 0.278. The number of carbonyl (C=O) groups is 1. The third-order valence-corrected chi connectivity index (χ3v) is 4.87. The molecule has 1 aromatic heterocycles. The highest BCUT2D eigenvalue weighted by molar-refractivity contribution is 6.07. The number of halogens is 1. The minimum atomic E-state index is -0.376. The summed E-state index contributed by atoms with van der Waals surface area (Å²) in [4.78, 5) is 17.2. The molecule has 0 radical (unpaired) electrons. The normalized spacial score (nSPS) is 11.2. The minimum absolute atomic E-state index is 0.221. The number of para-hydroxylation sites is 2. The molecule has 0 saturated carbocycles. The van der Waals surface area contributed by atoms with Crippen molar-refractivity contribution in [2.24, 2.45) is 0 Å². The molecular formula is C26H20FNO2. The third kappa shape index (κ3) is 4.13. The van der Waals surface area contributed by atoms with Crippen LogP contribution in [0.4, 0.5) is 4.39 Å². The van der Waals surface area contributed by atoms with Gasteiger partial charge < -0.3 is 4.74 Å². The van der Waals surface area contributed by atoms with E-state index in [9.17, 15) is 9.18 Å². The van der Waals surface area contributed by atoms with E-state index >= 15 is 0 Å². The molecule has 0 unspecified atom stereocenters. The van der Waals surface area contributed by atoms with E-state index in [4.69, 9.17) is 4.74 Å². The van der Waals surface area contributed by atoms with E-state index < -0.39 is 0 Å². The van der Waals surface area contributed by atoms with Gasteiger partial charge in [-0.2, -0.15) is 0 Å². The molecular weight excluding hydrogens is 377 g/mol. The maximum atomic E-state index is 13.1. The van der Waals surface area contributed by atoms with Crippen LogP contribution in [0.15, 0.2) is 78.9 Å². The first kappa shape index (κ1) is 19.5. The van der Waals surface area contributed by atoms with Crippen LogP contribution in [0.2, 0.25) is 0 Å². The monoisotopic (exact) mass is 397 g/mol. The minimum Gasteiger partial charge on any atom is -0.438 e. The van der Waals surface area contributed by atoms with Gasteiger partial charge >= 0.3 is 0 Å². The van der Waals surface area contributed by atoms with Crippen molar-refractivity contribution in [1.82, 2.24) is 4.98 Å². The smallest absolute Gasteiger partial charge is 0.227 e. The van der Waals surface area contributed by atoms with Gasteiger partial charge in [0.15, 0.2) is 5.78 Å². The Balaban J connectivity index is 1.74. The molecule has 0 saturated heterocycles. The lowest BCUT2D eigenvalue weighted by molar-refractivity contribution is 0.104. The van der Waals surface area contributed by atoms with E-state index in [1.165, 1.54) is 30.3 Å². The molecule has 4 rings (SSSR count). The summed E-state index contributed by atoms with van der Waals surface area (Å²) in [5, 5.41) is 0.945. The zero-order valence-corrected chi connectivity index (χ0v) is 16.7. The lowest BCUT2D eigenvalue weighted by atomic mass is 10.1. The molecule has 0 amide bonds. The molecule has 0 atom stereocenters. The number of benzene rings is 3. The summed E-state index contributed by atoms with van der Waals surface area (Å²) in [6.07, 6.45) is 3.14. The molecule has 0 N–H and O–H groups in total. The molecule has 1 heterocycles. The first-order valence-electron chi connectivity index (χ1n) is 9.63. The molecule has 4 aromatic rings. The van der Waals surface area contributed by atoms with Gasteiger partial charge in [0.25, 0.3) is 0 Å². The van der Waals surface area contributed by atoms with Crippen molar-refractivity contribution in [2.45, 2.75) is 13.8 Å². The first-order valence-corrected chi connectivity index (χ1v) is 9.63. The Bertz CT molecular complexity index is 1240. The Kier molecular flexibility index (Phi) is 5.40. The zero-order chi connectivity index (χ0) is 21.1. The topological polar surface area (TPSA) is 39.2 Å². The number of fused-ring (bicyclic) bond motifs is 1. The second-order valence-electron chi connectivity index (χ2n) is 7.10. The summed E-state index contributed by atoms with van der Waals surface area (Å²) in [6.45, 7) is 3.97. The van der Waals surface area contributed by atoms with E-state index in [1.54, 1.807) is 6.08 Å². The number of ketones is 1. The molecule has 3 nitrogen and oxygen atoms in total. The van der Waals surface area contributed by atoms with Crippen molar-refractivity contribution in [3.05, 3.63) is 107 Å². The predicted molar refractivity (Wildman–Crippen MR) is 117 cm³/mol. The van der Waals surface area contributed by atoms with Crippen LogP contribution >= 0.6 is 0 Å². The summed E-state index contributed by atoms with van der Waals surface area (Å²) in [5.41, 5.74) is 3.91. The molecule has 0 fully saturated rings. The van der Waals surface area contributed by atoms with Crippen molar-refractivity contribution in [3.63, 3.8) is 0 Å². The molecule has 0 spiro atoms. The number of rotatable bonds is 5. The molecule has 0 aliphatic carbocycles. The predicted octanol–water partition coefficient (Wildman–Crippen LogP) is 6.68. The SMILES string of the molecule is Cc1cccc(C)c1Oc1nc2ccccc2cc1/C=C/C(=O)c1ccc(F)cc1. The average molecular weight is 397 g/mol. The van der Waals surface area contributed by atoms with Gasteiger partial charge in [-0.25, -0.2) is 9.37 Å². The number of aromatic nitrogens is 1. The second kappa shape index (κ2) is 8.29. The largest absolute Gasteiger partial charge is 0.438 e. The van der Waals surface area contributed by atoms with E-state index in [1.807, 2.05) is 62.4 Å². The highest BCUT2D eigenvalue weighted by Crippen LogP contribution is 2.32. The molecule has 4 heteroatoms. The zero-order valence-electron chi connectivity index (χ0n) is 16.7. The molecule has 0 aliphatic heterocycles. The van der Waals surface area contributed by atoms with Gasteiger partial charge in [-0.15, -0.1) is 0 Å². The molecule has 3 aromatic carbocycles. The number of nitrogens with zero attached hydrogens (tertiary/aromatic N) is 1. The highest BCUT2D eigenvalue weighted by atomic mass is 19.1. The standard InChI is InChI=1S/C26H20FNO2/c1-17-6-5-7-18(2)25(17)30-26-21(16-20-8-3-4-9-23(20)28-26)12-15-24(29)19-10-13-22(27)14-11-19/h3-16H,1-2H3/b15-12+. The fourth-order valence-electron chi connectivity index (χ4n) is 3.25. The van der Waals surface area contributed by atoms with E-state index in [2.05, 4.69) is 4.98 Å². The van der Waals surface area contributed by atoms with Gasteiger partial charge in [-0.1, -0.05) is 36.4 Å². The Labute approximate surface area is 174 Å². The van der Waals surface area contributed by atoms with Crippen LogP contribution in [0.1, 0.15) is 27.0 Å². The molecule has 0 bridgehead atoms. The van der Waals surface area contributed by atoms with Crippen LogP contribution in [0, 0.1) is 19.7 Å². The van der Waals surface area contributed by atoms with Crippen LogP contribution in [0.25, 0.3) is 17.0 Å². The molecule has 148 valence electrons. The Morgan fingerprint density at radius 2 is 1.63 bits per heavy atom. The van der Waals surface area contributed by atoms with Crippen molar-refractivity contribution in [3.8, 4) is 11.6 Å². The molecule has 0 aliphatic rings. The van der Waals surface area contributed by atoms with Crippen LogP contribution in [0.5, 0.6) is 11.6 Å². The Morgan fingerprint density at radius 3 is 2.37 bits per heavy atom. The number of aryl methyl sites for hydroxylation is 2. The number of carbonyl (C=O) groups excluding carboxylic acids is 1. The summed E-state index contributed by atoms with van der Waals surface area (Å²) in [5.74, 6) is 0.578. The van der Waals surface area contributed by atoms with Crippen molar-refractivity contribution < 1.29 is 13.9 Å². The van der Waals surface area contributed by atoms with Crippen LogP contribution in [-0.2, 0) is 0 Å². The third-order valence-electron chi connectivity index (χ3n) is 4.87. The van der Waals surface area contributed by atoms with Crippen LogP contribution in [-0.4, -0.2) is 10.8 Å². The van der Waals surface area contributed by atoms with Gasteiger partial charge in [-0.3, -0.25) is 4.79 Å². The lowest BCUT2D eigenvalue weighted by Crippen LogP contribution is -1.97. The van der Waals surface area contributed by atoms with Gasteiger partial charge in [0.1, 0.15) is 11.6 Å². The van der Waals surface area contributed by atoms with E-state index in [-0.39, 0.29) is 11.6 Å². The van der Waals surface area contributed by atoms with Gasteiger partial charge in [0.2, 0.25) is 5.88 Å². The summed E-state index contributed by atoms with van der Waals surface area (Å²) in [7, 11) is 0. The number of allylic oxidation sites excluding steroid dienone is 1. The average Bonchev–Trinajstić information content (AvgIpc) is 2.75. The summed E-state index contributed by atoms with van der Waals surface area (Å²) >= 11 is 0. The second-order valence-corrected chi connectivity index (χ2v) is 7.10. The number of hydrogen-bond acceptors (Lipinski definition) is 3. The van der Waals surface area contributed by atoms with Crippen LogP contribution < -0.4 is 4.74 Å². The number of ether oxygens (including phenoxy) is 1. The Hall–Kier alpha value is -3.79. The molecule has 30 heavy (non-hydrogen) atoms. The maximum Gasteiger partial charge on any atom is 0.227 e. The van der Waals surface area contributed by atoms with E-state index in [0.29, 0.717) is 17.0 Å². The van der Waals surface area contributed by atoms with Gasteiger partial charge in [0, 0.05) is 16.5 Å². The number of hydrogen-bond donors (Lipinski definition) is 0. The highest BCUT2D eigenvalue weighted by Gasteiger charge is 2.12. The van der Waals surface area contributed by atoms with Gasteiger partial charge in [0.05, 0.1) is 5.52 Å².